The summed E-state index contributed by atoms with van der Waals surface area (Å²) in [4.78, 5) is 33.8. The highest BCUT2D eigenvalue weighted by Crippen LogP contribution is 2.27. The lowest BCUT2D eigenvalue weighted by Crippen LogP contribution is -2.48. The molecule has 0 atom stereocenters. The van der Waals surface area contributed by atoms with E-state index in [0.717, 1.165) is 19.6 Å². The lowest BCUT2D eigenvalue weighted by Gasteiger charge is -2.35. The van der Waals surface area contributed by atoms with Crippen molar-refractivity contribution in [3.05, 3.63) is 83.1 Å². The third-order valence-corrected chi connectivity index (χ3v) is 6.02. The average molecular weight is 495 g/mol. The van der Waals surface area contributed by atoms with Gasteiger partial charge in [0.15, 0.2) is 6.61 Å². The summed E-state index contributed by atoms with van der Waals surface area (Å²) in [5.74, 6) is 0.427. The van der Waals surface area contributed by atoms with Crippen LogP contribution in [0.25, 0.3) is 0 Å². The van der Waals surface area contributed by atoms with Crippen LogP contribution < -0.4 is 14.8 Å². The number of methoxy groups -OCH3 is 1. The van der Waals surface area contributed by atoms with Gasteiger partial charge in [-0.25, -0.2) is 0 Å². The van der Waals surface area contributed by atoms with E-state index in [-0.39, 0.29) is 18.4 Å². The number of para-hydroxylation sites is 1. The molecule has 1 saturated heterocycles. The molecule has 1 aromatic heterocycles. The number of nitrogens with zero attached hydrogens (tertiary/aromatic N) is 3. The van der Waals surface area contributed by atoms with Crippen molar-refractivity contribution in [2.75, 3.05) is 45.2 Å². The standard InChI is InChI=1S/C26H27ClN4O4/c1-34-24-7-6-20(16-22(24)27)29-25(32)18-35-23-5-3-2-4-21(23)26(33)31-14-12-30(13-15-31)17-19-8-10-28-11-9-19/h2-11,16H,12-15,17-18H2,1H3,(H,29,32). The molecule has 2 aromatic carbocycles. The van der Waals surface area contributed by atoms with E-state index in [9.17, 15) is 9.59 Å². The first kappa shape index (κ1) is 24.5. The predicted molar refractivity (Wildman–Crippen MR) is 134 cm³/mol. The number of carbonyl (C=O) groups excluding carboxylic acids is 2. The van der Waals surface area contributed by atoms with Gasteiger partial charge in [0.1, 0.15) is 11.5 Å². The van der Waals surface area contributed by atoms with E-state index in [1.165, 1.54) is 12.7 Å². The molecule has 2 heterocycles. The number of hydrogen-bond donors (Lipinski definition) is 1. The van der Waals surface area contributed by atoms with Crippen LogP contribution in [0.1, 0.15) is 15.9 Å². The Morgan fingerprint density at radius 2 is 1.74 bits per heavy atom. The number of aromatic nitrogens is 1. The molecule has 182 valence electrons. The van der Waals surface area contributed by atoms with Crippen molar-refractivity contribution >= 4 is 29.1 Å². The second-order valence-electron chi connectivity index (χ2n) is 8.11. The summed E-state index contributed by atoms with van der Waals surface area (Å²) in [7, 11) is 1.52. The van der Waals surface area contributed by atoms with Crippen molar-refractivity contribution in [2.45, 2.75) is 6.54 Å². The van der Waals surface area contributed by atoms with E-state index in [1.54, 1.807) is 54.9 Å². The smallest absolute Gasteiger partial charge is 0.262 e. The van der Waals surface area contributed by atoms with E-state index < -0.39 is 0 Å². The van der Waals surface area contributed by atoms with Crippen molar-refractivity contribution in [1.82, 2.24) is 14.8 Å². The zero-order chi connectivity index (χ0) is 24.6. The maximum absolute atomic E-state index is 13.2. The summed E-state index contributed by atoms with van der Waals surface area (Å²) in [6.45, 7) is 3.40. The minimum Gasteiger partial charge on any atom is -0.495 e. The number of hydrogen-bond acceptors (Lipinski definition) is 6. The van der Waals surface area contributed by atoms with Crippen LogP contribution in [0.4, 0.5) is 5.69 Å². The summed E-state index contributed by atoms with van der Waals surface area (Å²) in [6.07, 6.45) is 3.58. The fourth-order valence-electron chi connectivity index (χ4n) is 3.88. The summed E-state index contributed by atoms with van der Waals surface area (Å²) >= 11 is 6.11. The molecule has 0 radical (unpaired) electrons. The van der Waals surface area contributed by atoms with E-state index in [0.29, 0.717) is 40.9 Å². The molecule has 4 rings (SSSR count). The summed E-state index contributed by atoms with van der Waals surface area (Å²) in [5.41, 5.74) is 2.17. The Labute approximate surface area is 209 Å². The van der Waals surface area contributed by atoms with Crippen molar-refractivity contribution in [2.24, 2.45) is 0 Å². The number of carbonyl (C=O) groups is 2. The van der Waals surface area contributed by atoms with Crippen LogP contribution in [0.2, 0.25) is 5.02 Å². The van der Waals surface area contributed by atoms with E-state index in [2.05, 4.69) is 15.2 Å². The summed E-state index contributed by atoms with van der Waals surface area (Å²) < 4.78 is 10.8. The molecule has 2 amide bonds. The quantitative estimate of drug-likeness (QED) is 0.514. The Bertz CT molecular complexity index is 1170. The Balaban J connectivity index is 1.32. The fourth-order valence-corrected chi connectivity index (χ4v) is 4.14. The van der Waals surface area contributed by atoms with Crippen molar-refractivity contribution in [1.29, 1.82) is 0 Å². The van der Waals surface area contributed by atoms with Crippen LogP contribution >= 0.6 is 11.6 Å². The van der Waals surface area contributed by atoms with Crippen LogP contribution in [0.15, 0.2) is 67.0 Å². The van der Waals surface area contributed by atoms with E-state index in [4.69, 9.17) is 21.1 Å². The number of piperazine rings is 1. The van der Waals surface area contributed by atoms with Gasteiger partial charge in [0.25, 0.3) is 11.8 Å². The topological polar surface area (TPSA) is 84.0 Å². The highest BCUT2D eigenvalue weighted by atomic mass is 35.5. The number of rotatable bonds is 8. The van der Waals surface area contributed by atoms with Gasteiger partial charge in [-0.05, 0) is 48.0 Å². The molecule has 0 bridgehead atoms. The molecule has 0 unspecified atom stereocenters. The molecule has 1 aliphatic heterocycles. The number of anilines is 1. The molecule has 1 aliphatic rings. The molecule has 0 spiro atoms. The van der Waals surface area contributed by atoms with Crippen LogP contribution in [0.3, 0.4) is 0 Å². The molecule has 35 heavy (non-hydrogen) atoms. The summed E-state index contributed by atoms with van der Waals surface area (Å²) in [6, 6.07) is 16.0. The number of benzene rings is 2. The molecule has 9 heteroatoms. The van der Waals surface area contributed by atoms with Gasteiger partial charge in [-0.15, -0.1) is 0 Å². The Kier molecular flexibility index (Phi) is 8.18. The fraction of sp³-hybridized carbons (Fsp3) is 0.269. The van der Waals surface area contributed by atoms with Gasteiger partial charge in [0.05, 0.1) is 17.7 Å². The maximum Gasteiger partial charge on any atom is 0.262 e. The Morgan fingerprint density at radius 3 is 2.46 bits per heavy atom. The number of pyridine rings is 1. The third-order valence-electron chi connectivity index (χ3n) is 5.73. The van der Waals surface area contributed by atoms with Gasteiger partial charge in [-0.2, -0.15) is 0 Å². The zero-order valence-electron chi connectivity index (χ0n) is 19.4. The normalized spacial score (nSPS) is 13.8. The first-order valence-corrected chi connectivity index (χ1v) is 11.7. The van der Waals surface area contributed by atoms with E-state index >= 15 is 0 Å². The average Bonchev–Trinajstić information content (AvgIpc) is 2.88. The number of nitrogens with one attached hydrogen (secondary N) is 1. The SMILES string of the molecule is COc1ccc(NC(=O)COc2ccccc2C(=O)N2CCN(Cc3ccncc3)CC2)cc1Cl. The Morgan fingerprint density at radius 1 is 1.00 bits per heavy atom. The molecule has 1 N–H and O–H groups in total. The highest BCUT2D eigenvalue weighted by Gasteiger charge is 2.24. The third kappa shape index (κ3) is 6.49. The molecule has 3 aromatic rings. The van der Waals surface area contributed by atoms with Crippen LogP contribution in [-0.4, -0.2) is 66.5 Å². The van der Waals surface area contributed by atoms with Crippen LogP contribution in [0.5, 0.6) is 11.5 Å². The highest BCUT2D eigenvalue weighted by molar-refractivity contribution is 6.32. The van der Waals surface area contributed by atoms with Gasteiger partial charge in [0, 0.05) is 50.8 Å². The van der Waals surface area contributed by atoms with Crippen LogP contribution in [-0.2, 0) is 11.3 Å². The predicted octanol–water partition coefficient (Wildman–Crippen LogP) is 3.72. The Hall–Kier alpha value is -3.62. The van der Waals surface area contributed by atoms with Gasteiger partial charge in [-0.1, -0.05) is 23.7 Å². The molecular formula is C26H27ClN4O4. The monoisotopic (exact) mass is 494 g/mol. The molecule has 0 aliphatic carbocycles. The maximum atomic E-state index is 13.2. The second kappa shape index (κ2) is 11.7. The lowest BCUT2D eigenvalue weighted by atomic mass is 10.1. The van der Waals surface area contributed by atoms with Gasteiger partial charge < -0.3 is 19.7 Å². The molecule has 1 fully saturated rings. The molecule has 0 saturated carbocycles. The van der Waals surface area contributed by atoms with Gasteiger partial charge >= 0.3 is 0 Å². The minimum absolute atomic E-state index is 0.105. The minimum atomic E-state index is -0.363. The van der Waals surface area contributed by atoms with Crippen LogP contribution in [0, 0.1) is 0 Å². The lowest BCUT2D eigenvalue weighted by molar-refractivity contribution is -0.118. The first-order chi connectivity index (χ1) is 17.0. The van der Waals surface area contributed by atoms with Gasteiger partial charge in [0.2, 0.25) is 0 Å². The van der Waals surface area contributed by atoms with Gasteiger partial charge in [-0.3, -0.25) is 19.5 Å². The molecule has 8 nitrogen and oxygen atoms in total. The van der Waals surface area contributed by atoms with Crippen molar-refractivity contribution < 1.29 is 19.1 Å². The number of halogens is 1. The van der Waals surface area contributed by atoms with Crippen molar-refractivity contribution in [3.8, 4) is 11.5 Å². The number of ether oxygens (including phenoxy) is 2. The van der Waals surface area contributed by atoms with Crippen molar-refractivity contribution in [3.63, 3.8) is 0 Å². The second-order valence-corrected chi connectivity index (χ2v) is 8.51. The largest absolute Gasteiger partial charge is 0.495 e. The van der Waals surface area contributed by atoms with E-state index in [1.807, 2.05) is 17.0 Å². The first-order valence-electron chi connectivity index (χ1n) is 11.3. The zero-order valence-corrected chi connectivity index (χ0v) is 20.2. The summed E-state index contributed by atoms with van der Waals surface area (Å²) in [5, 5.41) is 3.12. The number of amides is 2. The molecular weight excluding hydrogens is 468 g/mol.